The summed E-state index contributed by atoms with van der Waals surface area (Å²) in [6.07, 6.45) is 2.36. The second kappa shape index (κ2) is 5.82. The molecule has 13 heavy (non-hydrogen) atoms. The van der Waals surface area contributed by atoms with Crippen molar-refractivity contribution >= 4 is 13.3 Å². The van der Waals surface area contributed by atoms with E-state index < -0.39 is 0 Å². The van der Waals surface area contributed by atoms with E-state index in [4.69, 9.17) is 4.74 Å². The maximum atomic E-state index is 5.50. The molecule has 0 heterocycles. The first-order chi connectivity index (χ1) is 6.33. The average molecular weight is 176 g/mol. The smallest absolute Gasteiger partial charge is 0.139 e. The molecule has 0 saturated heterocycles. The predicted molar refractivity (Wildman–Crippen MR) is 59.2 cm³/mol. The third-order valence-electron chi connectivity index (χ3n) is 2.03. The van der Waals surface area contributed by atoms with Crippen LogP contribution in [0, 0.1) is 0 Å². The summed E-state index contributed by atoms with van der Waals surface area (Å²) in [5, 5.41) is 0. The lowest BCUT2D eigenvalue weighted by molar-refractivity contribution is 0.118. The van der Waals surface area contributed by atoms with Crippen molar-refractivity contribution in [3.8, 4) is 0 Å². The van der Waals surface area contributed by atoms with E-state index in [1.54, 1.807) is 0 Å². The maximum Gasteiger partial charge on any atom is 0.139 e. The van der Waals surface area contributed by atoms with E-state index in [1.807, 2.05) is 0 Å². The van der Waals surface area contributed by atoms with Crippen molar-refractivity contribution in [1.82, 2.24) is 0 Å². The van der Waals surface area contributed by atoms with Crippen LogP contribution in [0.1, 0.15) is 25.3 Å². The Kier molecular flexibility index (Phi) is 4.62. The molecule has 1 aromatic carbocycles. The standard InChI is InChI=1S/C11H17BO/c1-2-3-8-13-9-10-4-6-11(12)7-5-10/h4-7H,2-3,8-9,12H2,1H3. The molecule has 0 bridgehead atoms. The van der Waals surface area contributed by atoms with Crippen molar-refractivity contribution in [3.05, 3.63) is 29.8 Å². The van der Waals surface area contributed by atoms with Crippen LogP contribution >= 0.6 is 0 Å². The molecule has 0 atom stereocenters. The average Bonchev–Trinajstić information content (AvgIpc) is 2.15. The predicted octanol–water partition coefficient (Wildman–Crippen LogP) is 1.26. The van der Waals surface area contributed by atoms with Crippen molar-refractivity contribution in [3.63, 3.8) is 0 Å². The fourth-order valence-electron chi connectivity index (χ4n) is 1.12. The van der Waals surface area contributed by atoms with Crippen molar-refractivity contribution < 1.29 is 4.74 Å². The summed E-state index contributed by atoms with van der Waals surface area (Å²) in [5.74, 6) is 0. The molecule has 0 aliphatic carbocycles. The third kappa shape index (κ3) is 4.14. The van der Waals surface area contributed by atoms with E-state index in [1.165, 1.54) is 17.4 Å². The lowest BCUT2D eigenvalue weighted by atomic mass is 9.95. The van der Waals surface area contributed by atoms with E-state index in [0.717, 1.165) is 19.6 Å². The zero-order chi connectivity index (χ0) is 9.52. The van der Waals surface area contributed by atoms with Gasteiger partial charge in [-0.3, -0.25) is 0 Å². The molecule has 0 spiro atoms. The number of hydrogen-bond donors (Lipinski definition) is 0. The summed E-state index contributed by atoms with van der Waals surface area (Å²) in [6.45, 7) is 3.81. The van der Waals surface area contributed by atoms with Crippen LogP contribution in [0.2, 0.25) is 0 Å². The topological polar surface area (TPSA) is 9.23 Å². The van der Waals surface area contributed by atoms with Gasteiger partial charge in [0.1, 0.15) is 7.85 Å². The summed E-state index contributed by atoms with van der Waals surface area (Å²) in [4.78, 5) is 0. The molecule has 1 rings (SSSR count). The van der Waals surface area contributed by atoms with E-state index in [0.29, 0.717) is 0 Å². The molecule has 1 nitrogen and oxygen atoms in total. The van der Waals surface area contributed by atoms with Gasteiger partial charge in [-0.15, -0.1) is 0 Å². The Morgan fingerprint density at radius 1 is 1.23 bits per heavy atom. The molecule has 0 radical (unpaired) electrons. The zero-order valence-corrected chi connectivity index (χ0v) is 8.55. The van der Waals surface area contributed by atoms with Gasteiger partial charge in [0.05, 0.1) is 6.61 Å². The van der Waals surface area contributed by atoms with Crippen molar-refractivity contribution in [2.24, 2.45) is 0 Å². The van der Waals surface area contributed by atoms with Gasteiger partial charge in [-0.2, -0.15) is 0 Å². The van der Waals surface area contributed by atoms with Crippen LogP contribution in [0.5, 0.6) is 0 Å². The molecule has 2 heteroatoms. The molecule has 0 saturated carbocycles. The molecular weight excluding hydrogens is 159 g/mol. The molecule has 70 valence electrons. The molecule has 0 unspecified atom stereocenters. The van der Waals surface area contributed by atoms with Gasteiger partial charge >= 0.3 is 0 Å². The fourth-order valence-corrected chi connectivity index (χ4v) is 1.12. The second-order valence-electron chi connectivity index (χ2n) is 3.39. The Bertz CT molecular complexity index is 230. The van der Waals surface area contributed by atoms with Gasteiger partial charge in [-0.25, -0.2) is 0 Å². The van der Waals surface area contributed by atoms with E-state index in [-0.39, 0.29) is 0 Å². The van der Waals surface area contributed by atoms with Crippen molar-refractivity contribution in [2.75, 3.05) is 6.61 Å². The Morgan fingerprint density at radius 2 is 1.92 bits per heavy atom. The molecule has 0 N–H and O–H groups in total. The molecule has 0 aliphatic rings. The van der Waals surface area contributed by atoms with Crippen molar-refractivity contribution in [2.45, 2.75) is 26.4 Å². The highest BCUT2D eigenvalue weighted by Crippen LogP contribution is 1.99. The summed E-state index contributed by atoms with van der Waals surface area (Å²) in [5.41, 5.74) is 2.57. The van der Waals surface area contributed by atoms with Gasteiger partial charge in [0.15, 0.2) is 0 Å². The highest BCUT2D eigenvalue weighted by Gasteiger charge is 1.91. The first kappa shape index (κ1) is 10.3. The third-order valence-corrected chi connectivity index (χ3v) is 2.03. The van der Waals surface area contributed by atoms with E-state index in [9.17, 15) is 0 Å². The molecule has 0 amide bonds. The molecule has 1 aromatic rings. The van der Waals surface area contributed by atoms with Gasteiger partial charge in [0.25, 0.3) is 0 Å². The summed E-state index contributed by atoms with van der Waals surface area (Å²) in [7, 11) is 2.10. The van der Waals surface area contributed by atoms with Crippen LogP contribution in [0.4, 0.5) is 0 Å². The molecule has 0 aliphatic heterocycles. The fraction of sp³-hybridized carbons (Fsp3) is 0.455. The van der Waals surface area contributed by atoms with Crippen LogP contribution in [0.25, 0.3) is 0 Å². The highest BCUT2D eigenvalue weighted by atomic mass is 16.5. The van der Waals surface area contributed by atoms with Crippen LogP contribution in [0.3, 0.4) is 0 Å². The quantitative estimate of drug-likeness (QED) is 0.484. The van der Waals surface area contributed by atoms with Crippen LogP contribution in [-0.4, -0.2) is 14.5 Å². The minimum Gasteiger partial charge on any atom is -0.377 e. The number of hydrogen-bond acceptors (Lipinski definition) is 1. The van der Waals surface area contributed by atoms with Crippen LogP contribution in [0.15, 0.2) is 24.3 Å². The van der Waals surface area contributed by atoms with Crippen LogP contribution in [-0.2, 0) is 11.3 Å². The first-order valence-electron chi connectivity index (χ1n) is 4.96. The minimum absolute atomic E-state index is 0.750. The SMILES string of the molecule is Bc1ccc(COCCCC)cc1. The minimum atomic E-state index is 0.750. The lowest BCUT2D eigenvalue weighted by Gasteiger charge is -2.03. The summed E-state index contributed by atoms with van der Waals surface area (Å²) in [6, 6.07) is 8.50. The summed E-state index contributed by atoms with van der Waals surface area (Å²) >= 11 is 0. The van der Waals surface area contributed by atoms with Gasteiger partial charge in [0.2, 0.25) is 0 Å². The van der Waals surface area contributed by atoms with E-state index in [2.05, 4.69) is 39.0 Å². The second-order valence-corrected chi connectivity index (χ2v) is 3.39. The Labute approximate surface area is 81.5 Å². The zero-order valence-electron chi connectivity index (χ0n) is 8.55. The maximum absolute atomic E-state index is 5.50. The monoisotopic (exact) mass is 176 g/mol. The number of ether oxygens (including phenoxy) is 1. The van der Waals surface area contributed by atoms with Crippen LogP contribution < -0.4 is 5.46 Å². The molecular formula is C11H17BO. The normalized spacial score (nSPS) is 10.2. The largest absolute Gasteiger partial charge is 0.377 e. The van der Waals surface area contributed by atoms with Gasteiger partial charge in [-0.1, -0.05) is 43.1 Å². The van der Waals surface area contributed by atoms with Crippen molar-refractivity contribution in [1.29, 1.82) is 0 Å². The highest BCUT2D eigenvalue weighted by molar-refractivity contribution is 6.32. The molecule has 0 fully saturated rings. The lowest BCUT2D eigenvalue weighted by Crippen LogP contribution is -2.02. The molecule has 0 aromatic heterocycles. The number of benzene rings is 1. The Morgan fingerprint density at radius 3 is 2.54 bits per heavy atom. The van der Waals surface area contributed by atoms with E-state index >= 15 is 0 Å². The van der Waals surface area contributed by atoms with Gasteiger partial charge < -0.3 is 4.74 Å². The number of unbranched alkanes of at least 4 members (excludes halogenated alkanes) is 1. The van der Waals surface area contributed by atoms with Gasteiger partial charge in [-0.05, 0) is 12.0 Å². The number of rotatable bonds is 5. The Balaban J connectivity index is 2.25. The Hall–Kier alpha value is -0.755. The first-order valence-corrected chi connectivity index (χ1v) is 4.96. The summed E-state index contributed by atoms with van der Waals surface area (Å²) < 4.78 is 5.50. The van der Waals surface area contributed by atoms with Gasteiger partial charge in [0, 0.05) is 6.61 Å².